The SMILES string of the molecule is CCCCCCCCCCCCCCCCCCCCC(=O)O[C@H](COC(=O)CCCCCCCCCCCCCCCCCCC)COP(=O)(O)OCCN. The van der Waals surface area contributed by atoms with E-state index in [0.717, 1.165) is 32.1 Å². The molecule has 0 radical (unpaired) electrons. The van der Waals surface area contributed by atoms with E-state index in [1.54, 1.807) is 0 Å². The lowest BCUT2D eigenvalue weighted by atomic mass is 10.0. The summed E-state index contributed by atoms with van der Waals surface area (Å²) in [5.74, 6) is -0.808. The lowest BCUT2D eigenvalue weighted by molar-refractivity contribution is -0.161. The molecule has 0 heterocycles. The molecule has 0 saturated heterocycles. The third kappa shape index (κ3) is 42.6. The van der Waals surface area contributed by atoms with E-state index in [4.69, 9.17) is 24.3 Å². The lowest BCUT2D eigenvalue weighted by Gasteiger charge is -2.19. The number of rotatable bonds is 46. The van der Waals surface area contributed by atoms with E-state index in [1.165, 1.54) is 186 Å². The Morgan fingerprint density at radius 3 is 1.09 bits per heavy atom. The maximum absolute atomic E-state index is 12.6. The Labute approximate surface area is 346 Å². The summed E-state index contributed by atoms with van der Waals surface area (Å²) in [6.07, 6.45) is 44.2. The van der Waals surface area contributed by atoms with Crippen LogP contribution in [0.2, 0.25) is 0 Å². The molecule has 334 valence electrons. The lowest BCUT2D eigenvalue weighted by Crippen LogP contribution is -2.29. The maximum atomic E-state index is 12.6. The van der Waals surface area contributed by atoms with Crippen LogP contribution in [0.25, 0.3) is 0 Å². The molecule has 0 amide bonds. The van der Waals surface area contributed by atoms with E-state index in [2.05, 4.69) is 13.8 Å². The molecule has 0 aliphatic carbocycles. The molecule has 0 bridgehead atoms. The van der Waals surface area contributed by atoms with Gasteiger partial charge in [0.25, 0.3) is 0 Å². The van der Waals surface area contributed by atoms with E-state index >= 15 is 0 Å². The van der Waals surface area contributed by atoms with E-state index < -0.39 is 26.5 Å². The Bertz CT molecular complexity index is 891. The van der Waals surface area contributed by atoms with Crippen LogP contribution in [0, 0.1) is 0 Å². The first-order valence-corrected chi connectivity index (χ1v) is 25.5. The van der Waals surface area contributed by atoms with E-state index in [9.17, 15) is 19.0 Å². The second-order valence-electron chi connectivity index (χ2n) is 16.3. The van der Waals surface area contributed by atoms with Crippen molar-refractivity contribution in [2.75, 3.05) is 26.4 Å². The van der Waals surface area contributed by atoms with Gasteiger partial charge in [0.05, 0.1) is 13.2 Å². The molecule has 56 heavy (non-hydrogen) atoms. The number of phosphoric ester groups is 1. The number of unbranched alkanes of at least 4 members (excludes halogenated alkanes) is 33. The van der Waals surface area contributed by atoms with Gasteiger partial charge in [-0.1, -0.05) is 226 Å². The molecule has 0 rings (SSSR count). The summed E-state index contributed by atoms with van der Waals surface area (Å²) < 4.78 is 32.9. The Morgan fingerprint density at radius 1 is 0.464 bits per heavy atom. The van der Waals surface area contributed by atoms with Gasteiger partial charge in [0.15, 0.2) is 6.10 Å². The van der Waals surface area contributed by atoms with E-state index in [-0.39, 0.29) is 38.6 Å². The second-order valence-corrected chi connectivity index (χ2v) is 17.8. The number of phosphoric acid groups is 1. The normalized spacial score (nSPS) is 13.1. The molecule has 0 fully saturated rings. The maximum Gasteiger partial charge on any atom is 0.472 e. The van der Waals surface area contributed by atoms with E-state index in [0.29, 0.717) is 6.42 Å². The second kappa shape index (κ2) is 43.6. The molecular weight excluding hydrogens is 725 g/mol. The summed E-state index contributed by atoms with van der Waals surface area (Å²) in [6.45, 7) is 3.79. The van der Waals surface area contributed by atoms with Gasteiger partial charge in [-0.2, -0.15) is 0 Å². The van der Waals surface area contributed by atoms with Crippen LogP contribution < -0.4 is 5.73 Å². The van der Waals surface area contributed by atoms with Gasteiger partial charge in [-0.25, -0.2) is 4.57 Å². The highest BCUT2D eigenvalue weighted by atomic mass is 31.2. The molecule has 0 saturated carbocycles. The van der Waals surface area contributed by atoms with Crippen LogP contribution in [0.3, 0.4) is 0 Å². The summed E-state index contributed by atoms with van der Waals surface area (Å²) in [6, 6.07) is 0. The summed E-state index contributed by atoms with van der Waals surface area (Å²) in [5, 5.41) is 0. The zero-order chi connectivity index (χ0) is 41.1. The van der Waals surface area contributed by atoms with Gasteiger partial charge in [-0.15, -0.1) is 0 Å². The number of hydrogen-bond acceptors (Lipinski definition) is 8. The summed E-state index contributed by atoms with van der Waals surface area (Å²) in [4.78, 5) is 35.0. The third-order valence-electron chi connectivity index (χ3n) is 10.7. The molecule has 10 heteroatoms. The van der Waals surface area contributed by atoms with Crippen LogP contribution in [0.5, 0.6) is 0 Å². The molecule has 0 aromatic rings. The van der Waals surface area contributed by atoms with Crippen molar-refractivity contribution in [1.29, 1.82) is 0 Å². The summed E-state index contributed by atoms with van der Waals surface area (Å²) in [5.41, 5.74) is 5.36. The topological polar surface area (TPSA) is 134 Å². The molecule has 0 aromatic carbocycles. The first kappa shape index (κ1) is 55.0. The Hall–Kier alpha value is -0.990. The average molecular weight is 818 g/mol. The van der Waals surface area contributed by atoms with Gasteiger partial charge in [0, 0.05) is 19.4 Å². The molecule has 0 aliphatic rings. The molecular formula is C46H92NO8P. The van der Waals surface area contributed by atoms with Crippen LogP contribution >= 0.6 is 7.82 Å². The van der Waals surface area contributed by atoms with Gasteiger partial charge < -0.3 is 20.1 Å². The highest BCUT2D eigenvalue weighted by molar-refractivity contribution is 7.47. The Morgan fingerprint density at radius 2 is 0.768 bits per heavy atom. The first-order valence-electron chi connectivity index (χ1n) is 24.0. The fourth-order valence-electron chi connectivity index (χ4n) is 7.17. The molecule has 3 N–H and O–H groups in total. The third-order valence-corrected chi connectivity index (χ3v) is 11.7. The Balaban J connectivity index is 4.03. The van der Waals surface area contributed by atoms with Gasteiger partial charge in [0.1, 0.15) is 6.61 Å². The number of hydrogen-bond donors (Lipinski definition) is 2. The van der Waals surface area contributed by atoms with Crippen LogP contribution in [0.1, 0.15) is 251 Å². The van der Waals surface area contributed by atoms with Gasteiger partial charge in [0.2, 0.25) is 0 Å². The first-order chi connectivity index (χ1) is 27.3. The Kier molecular flexibility index (Phi) is 42.8. The van der Waals surface area contributed by atoms with Gasteiger partial charge in [-0.05, 0) is 12.8 Å². The number of esters is 2. The van der Waals surface area contributed by atoms with Crippen molar-refractivity contribution in [2.45, 2.75) is 258 Å². The average Bonchev–Trinajstić information content (AvgIpc) is 3.18. The largest absolute Gasteiger partial charge is 0.472 e. The van der Waals surface area contributed by atoms with Crippen LogP contribution in [0.15, 0.2) is 0 Å². The molecule has 2 atom stereocenters. The van der Waals surface area contributed by atoms with Crippen molar-refractivity contribution in [1.82, 2.24) is 0 Å². The van der Waals surface area contributed by atoms with Crippen molar-refractivity contribution in [3.05, 3.63) is 0 Å². The van der Waals surface area contributed by atoms with E-state index in [1.807, 2.05) is 0 Å². The zero-order valence-corrected chi connectivity index (χ0v) is 37.8. The number of carbonyl (C=O) groups is 2. The van der Waals surface area contributed by atoms with Gasteiger partial charge in [-0.3, -0.25) is 18.6 Å². The fourth-order valence-corrected chi connectivity index (χ4v) is 7.93. The summed E-state index contributed by atoms with van der Waals surface area (Å²) in [7, 11) is -4.37. The number of nitrogens with two attached hydrogens (primary N) is 1. The minimum Gasteiger partial charge on any atom is -0.462 e. The number of ether oxygens (including phenoxy) is 2. The van der Waals surface area contributed by atoms with Crippen LogP contribution in [-0.4, -0.2) is 49.3 Å². The molecule has 1 unspecified atom stereocenters. The van der Waals surface area contributed by atoms with Crippen molar-refractivity contribution < 1.29 is 37.6 Å². The molecule has 0 spiro atoms. The molecule has 9 nitrogen and oxygen atoms in total. The highest BCUT2D eigenvalue weighted by Crippen LogP contribution is 2.43. The predicted molar refractivity (Wildman–Crippen MR) is 234 cm³/mol. The van der Waals surface area contributed by atoms with Crippen molar-refractivity contribution in [2.24, 2.45) is 5.73 Å². The molecule has 0 aliphatic heterocycles. The van der Waals surface area contributed by atoms with Crippen LogP contribution in [-0.2, 0) is 32.7 Å². The van der Waals surface area contributed by atoms with Crippen molar-refractivity contribution in [3.63, 3.8) is 0 Å². The monoisotopic (exact) mass is 818 g/mol. The minimum atomic E-state index is -4.37. The highest BCUT2D eigenvalue weighted by Gasteiger charge is 2.26. The van der Waals surface area contributed by atoms with Crippen molar-refractivity contribution >= 4 is 19.8 Å². The number of carbonyl (C=O) groups excluding carboxylic acids is 2. The zero-order valence-electron chi connectivity index (χ0n) is 36.9. The fraction of sp³-hybridized carbons (Fsp3) is 0.957. The predicted octanol–water partition coefficient (Wildman–Crippen LogP) is 14.0. The van der Waals surface area contributed by atoms with Crippen molar-refractivity contribution in [3.8, 4) is 0 Å². The summed E-state index contributed by atoms with van der Waals surface area (Å²) >= 11 is 0. The van der Waals surface area contributed by atoms with Gasteiger partial charge >= 0.3 is 19.8 Å². The quantitative estimate of drug-likeness (QED) is 0.0350. The standard InChI is InChI=1S/C46H92NO8P/c1-3-5-7-9-11-13-15-17-19-21-23-25-27-29-31-33-35-37-39-46(49)55-44(43-54-56(50,51)53-41-40-47)42-52-45(48)38-36-34-32-30-28-26-24-22-20-18-16-14-12-10-8-6-4-2/h44H,3-43,47H2,1-2H3,(H,50,51)/t44-/m1/s1. The molecule has 0 aromatic heterocycles. The minimum absolute atomic E-state index is 0.0583. The van der Waals surface area contributed by atoms with Crippen LogP contribution in [0.4, 0.5) is 0 Å². The smallest absolute Gasteiger partial charge is 0.462 e.